The highest BCUT2D eigenvalue weighted by Gasteiger charge is 2.18. The van der Waals surface area contributed by atoms with Crippen molar-refractivity contribution in [2.45, 2.75) is 26.7 Å². The van der Waals surface area contributed by atoms with Gasteiger partial charge in [0.2, 0.25) is 6.79 Å². The molecule has 0 aliphatic rings. The van der Waals surface area contributed by atoms with Crippen molar-refractivity contribution in [2.24, 2.45) is 5.92 Å². The molecule has 94 valence electrons. The van der Waals surface area contributed by atoms with Crippen LogP contribution >= 0.6 is 0 Å². The molecule has 0 amide bonds. The van der Waals surface area contributed by atoms with Gasteiger partial charge in [-0.15, -0.1) is 0 Å². The van der Waals surface area contributed by atoms with Crippen LogP contribution in [-0.4, -0.2) is 44.3 Å². The SMILES string of the molecule is CCC(CCN(C)C)C(=O)OCOC(C)=O. The second kappa shape index (κ2) is 8.10. The summed E-state index contributed by atoms with van der Waals surface area (Å²) in [5.74, 6) is -0.877. The van der Waals surface area contributed by atoms with E-state index in [2.05, 4.69) is 4.74 Å². The molecule has 0 spiro atoms. The monoisotopic (exact) mass is 231 g/mol. The Kier molecular flexibility index (Phi) is 7.54. The van der Waals surface area contributed by atoms with Crippen LogP contribution in [0, 0.1) is 5.92 Å². The average molecular weight is 231 g/mol. The Morgan fingerprint density at radius 1 is 1.25 bits per heavy atom. The molecule has 0 rings (SSSR count). The zero-order valence-corrected chi connectivity index (χ0v) is 10.5. The highest BCUT2D eigenvalue weighted by Crippen LogP contribution is 2.10. The summed E-state index contributed by atoms with van der Waals surface area (Å²) < 4.78 is 9.38. The molecule has 16 heavy (non-hydrogen) atoms. The third-order valence-electron chi connectivity index (χ3n) is 2.21. The molecule has 0 saturated heterocycles. The van der Waals surface area contributed by atoms with E-state index >= 15 is 0 Å². The van der Waals surface area contributed by atoms with Crippen molar-refractivity contribution in [1.82, 2.24) is 4.90 Å². The van der Waals surface area contributed by atoms with Gasteiger partial charge >= 0.3 is 11.9 Å². The molecule has 1 unspecified atom stereocenters. The van der Waals surface area contributed by atoms with Crippen molar-refractivity contribution >= 4 is 11.9 Å². The molecule has 0 N–H and O–H groups in total. The van der Waals surface area contributed by atoms with Gasteiger partial charge < -0.3 is 14.4 Å². The molecule has 5 nitrogen and oxygen atoms in total. The maximum absolute atomic E-state index is 11.5. The minimum atomic E-state index is -0.450. The molecule has 0 radical (unpaired) electrons. The van der Waals surface area contributed by atoms with E-state index in [9.17, 15) is 9.59 Å². The summed E-state index contributed by atoms with van der Waals surface area (Å²) in [7, 11) is 3.91. The van der Waals surface area contributed by atoms with Crippen molar-refractivity contribution in [3.8, 4) is 0 Å². The van der Waals surface area contributed by atoms with Crippen molar-refractivity contribution < 1.29 is 19.1 Å². The Bertz CT molecular complexity index is 228. The summed E-state index contributed by atoms with van der Waals surface area (Å²) in [5.41, 5.74) is 0. The van der Waals surface area contributed by atoms with Crippen molar-refractivity contribution in [3.05, 3.63) is 0 Å². The van der Waals surface area contributed by atoms with Crippen molar-refractivity contribution in [2.75, 3.05) is 27.4 Å². The van der Waals surface area contributed by atoms with Gasteiger partial charge in [-0.05, 0) is 33.5 Å². The summed E-state index contributed by atoms with van der Waals surface area (Å²) in [6, 6.07) is 0. The van der Waals surface area contributed by atoms with Gasteiger partial charge in [-0.2, -0.15) is 0 Å². The number of carbonyl (C=O) groups excluding carboxylic acids is 2. The number of hydrogen-bond donors (Lipinski definition) is 0. The Morgan fingerprint density at radius 3 is 2.31 bits per heavy atom. The van der Waals surface area contributed by atoms with Gasteiger partial charge in [-0.25, -0.2) is 0 Å². The number of hydrogen-bond acceptors (Lipinski definition) is 5. The Morgan fingerprint density at radius 2 is 1.88 bits per heavy atom. The van der Waals surface area contributed by atoms with E-state index in [-0.39, 0.29) is 18.7 Å². The first-order valence-electron chi connectivity index (χ1n) is 5.42. The van der Waals surface area contributed by atoms with Crippen LogP contribution in [0.15, 0.2) is 0 Å². The van der Waals surface area contributed by atoms with Crippen LogP contribution in [0.25, 0.3) is 0 Å². The lowest BCUT2D eigenvalue weighted by molar-refractivity contribution is -0.169. The third-order valence-corrected chi connectivity index (χ3v) is 2.21. The fourth-order valence-electron chi connectivity index (χ4n) is 1.19. The number of esters is 2. The molecule has 0 aromatic heterocycles. The summed E-state index contributed by atoms with van der Waals surface area (Å²) >= 11 is 0. The number of carbonyl (C=O) groups is 2. The van der Waals surface area contributed by atoms with Crippen LogP contribution in [0.1, 0.15) is 26.7 Å². The molecule has 0 aromatic rings. The third kappa shape index (κ3) is 7.23. The predicted octanol–water partition coefficient (Wildman–Crippen LogP) is 1.03. The van der Waals surface area contributed by atoms with E-state index < -0.39 is 5.97 Å². The summed E-state index contributed by atoms with van der Waals surface area (Å²) in [6.07, 6.45) is 1.48. The maximum Gasteiger partial charge on any atom is 0.311 e. The second-order valence-electron chi connectivity index (χ2n) is 3.91. The quantitative estimate of drug-likeness (QED) is 0.484. The van der Waals surface area contributed by atoms with Gasteiger partial charge in [0.25, 0.3) is 0 Å². The molecule has 0 aliphatic heterocycles. The zero-order chi connectivity index (χ0) is 12.6. The molecular formula is C11H21NO4. The second-order valence-corrected chi connectivity index (χ2v) is 3.91. The van der Waals surface area contributed by atoms with E-state index in [0.29, 0.717) is 0 Å². The minimum Gasteiger partial charge on any atom is -0.428 e. The lowest BCUT2D eigenvalue weighted by Gasteiger charge is -2.16. The number of nitrogens with zero attached hydrogens (tertiary/aromatic N) is 1. The fourth-order valence-corrected chi connectivity index (χ4v) is 1.19. The Labute approximate surface area is 96.7 Å². The van der Waals surface area contributed by atoms with E-state index in [1.54, 1.807) is 0 Å². The average Bonchev–Trinajstić information content (AvgIpc) is 2.17. The number of ether oxygens (including phenoxy) is 2. The molecule has 0 bridgehead atoms. The Hall–Kier alpha value is -1.10. The standard InChI is InChI=1S/C11H21NO4/c1-5-10(6-7-12(3)4)11(14)16-8-15-9(2)13/h10H,5-8H2,1-4H3. The molecule has 0 saturated carbocycles. The van der Waals surface area contributed by atoms with Crippen LogP contribution in [0.2, 0.25) is 0 Å². The largest absolute Gasteiger partial charge is 0.428 e. The topological polar surface area (TPSA) is 55.8 Å². The molecular weight excluding hydrogens is 210 g/mol. The highest BCUT2D eigenvalue weighted by molar-refractivity contribution is 5.72. The molecule has 1 atom stereocenters. The first kappa shape index (κ1) is 14.9. The molecule has 0 aromatic carbocycles. The van der Waals surface area contributed by atoms with Crippen LogP contribution in [0.5, 0.6) is 0 Å². The van der Waals surface area contributed by atoms with Gasteiger partial charge in [-0.1, -0.05) is 6.92 Å². The van der Waals surface area contributed by atoms with Gasteiger partial charge in [0.05, 0.1) is 5.92 Å². The van der Waals surface area contributed by atoms with Crippen LogP contribution in [0.3, 0.4) is 0 Å². The van der Waals surface area contributed by atoms with Crippen LogP contribution in [0.4, 0.5) is 0 Å². The lowest BCUT2D eigenvalue weighted by atomic mass is 10.0. The van der Waals surface area contributed by atoms with Gasteiger partial charge in [0.15, 0.2) is 0 Å². The summed E-state index contributed by atoms with van der Waals surface area (Å²) in [6.45, 7) is 3.76. The molecule has 0 heterocycles. The summed E-state index contributed by atoms with van der Waals surface area (Å²) in [4.78, 5) is 24.0. The first-order chi connectivity index (χ1) is 7.47. The van der Waals surface area contributed by atoms with Crippen molar-refractivity contribution in [1.29, 1.82) is 0 Å². The molecule has 0 fully saturated rings. The van der Waals surface area contributed by atoms with Gasteiger partial charge in [-0.3, -0.25) is 9.59 Å². The normalized spacial score (nSPS) is 12.3. The van der Waals surface area contributed by atoms with E-state index in [4.69, 9.17) is 4.74 Å². The van der Waals surface area contributed by atoms with E-state index in [1.165, 1.54) is 6.92 Å². The minimum absolute atomic E-state index is 0.127. The van der Waals surface area contributed by atoms with E-state index in [0.717, 1.165) is 19.4 Å². The summed E-state index contributed by atoms with van der Waals surface area (Å²) in [5, 5.41) is 0. The van der Waals surface area contributed by atoms with E-state index in [1.807, 2.05) is 25.9 Å². The lowest BCUT2D eigenvalue weighted by Crippen LogP contribution is -2.24. The molecule has 0 aliphatic carbocycles. The number of rotatable bonds is 7. The first-order valence-corrected chi connectivity index (χ1v) is 5.42. The van der Waals surface area contributed by atoms with Crippen molar-refractivity contribution in [3.63, 3.8) is 0 Å². The smallest absolute Gasteiger partial charge is 0.311 e. The van der Waals surface area contributed by atoms with Crippen LogP contribution in [-0.2, 0) is 19.1 Å². The van der Waals surface area contributed by atoms with Gasteiger partial charge in [0.1, 0.15) is 0 Å². The fraction of sp³-hybridized carbons (Fsp3) is 0.818. The molecule has 5 heteroatoms. The Balaban J connectivity index is 3.86. The highest BCUT2D eigenvalue weighted by atomic mass is 16.7. The maximum atomic E-state index is 11.5. The zero-order valence-electron chi connectivity index (χ0n) is 10.5. The van der Waals surface area contributed by atoms with Crippen LogP contribution < -0.4 is 0 Å². The van der Waals surface area contributed by atoms with Gasteiger partial charge in [0, 0.05) is 6.92 Å². The predicted molar refractivity (Wildman–Crippen MR) is 59.7 cm³/mol.